The van der Waals surface area contributed by atoms with E-state index in [1.807, 2.05) is 82.8 Å². The molecule has 6 heteroatoms. The molecule has 1 fully saturated rings. The van der Waals surface area contributed by atoms with E-state index in [1.165, 1.54) is 5.56 Å². The summed E-state index contributed by atoms with van der Waals surface area (Å²) in [6.07, 6.45) is 5.53. The molecule has 1 amide bonds. The van der Waals surface area contributed by atoms with Gasteiger partial charge in [-0.05, 0) is 42.8 Å². The molecule has 0 aliphatic carbocycles. The first-order valence-corrected chi connectivity index (χ1v) is 11.3. The Bertz CT molecular complexity index is 1230. The van der Waals surface area contributed by atoms with Crippen LogP contribution in [0.3, 0.4) is 0 Å². The lowest BCUT2D eigenvalue weighted by molar-refractivity contribution is 0.0629. The fourth-order valence-corrected chi connectivity index (χ4v) is 4.27. The van der Waals surface area contributed by atoms with Crippen molar-refractivity contribution in [3.05, 3.63) is 102 Å². The average Bonchev–Trinajstić information content (AvgIpc) is 3.31. The monoisotopic (exact) mass is 437 g/mol. The maximum absolute atomic E-state index is 13.6. The lowest BCUT2D eigenvalue weighted by atomic mass is 10.0. The summed E-state index contributed by atoms with van der Waals surface area (Å²) in [4.78, 5) is 22.1. The van der Waals surface area contributed by atoms with E-state index in [4.69, 9.17) is 5.10 Å². The van der Waals surface area contributed by atoms with Crippen molar-refractivity contribution in [2.24, 2.45) is 0 Å². The number of para-hydroxylation sites is 1. The molecule has 1 aliphatic rings. The Morgan fingerprint density at radius 3 is 2.39 bits per heavy atom. The summed E-state index contributed by atoms with van der Waals surface area (Å²) in [6.45, 7) is 6.04. The minimum atomic E-state index is 0.0391. The molecule has 2 aromatic carbocycles. The Kier molecular flexibility index (Phi) is 6.00. The summed E-state index contributed by atoms with van der Waals surface area (Å²) in [5.41, 5.74) is 5.66. The number of aryl methyl sites for hydroxylation is 1. The smallest absolute Gasteiger partial charge is 0.257 e. The zero-order valence-electron chi connectivity index (χ0n) is 18.8. The highest BCUT2D eigenvalue weighted by molar-refractivity contribution is 6.00. The summed E-state index contributed by atoms with van der Waals surface area (Å²) in [5, 5.41) is 4.83. The van der Waals surface area contributed by atoms with Crippen molar-refractivity contribution >= 4 is 5.91 Å². The second kappa shape index (κ2) is 9.38. The third kappa shape index (κ3) is 4.71. The zero-order valence-corrected chi connectivity index (χ0v) is 18.8. The minimum Gasteiger partial charge on any atom is -0.336 e. The Morgan fingerprint density at radius 1 is 0.909 bits per heavy atom. The number of piperazine rings is 1. The summed E-state index contributed by atoms with van der Waals surface area (Å²) in [5.74, 6) is 0.0391. The lowest BCUT2D eigenvalue weighted by Crippen LogP contribution is -2.48. The third-order valence-electron chi connectivity index (χ3n) is 6.07. The van der Waals surface area contributed by atoms with E-state index in [9.17, 15) is 4.79 Å². The maximum Gasteiger partial charge on any atom is 0.257 e. The van der Waals surface area contributed by atoms with E-state index < -0.39 is 0 Å². The molecular weight excluding hydrogens is 410 g/mol. The molecule has 2 aromatic heterocycles. The van der Waals surface area contributed by atoms with E-state index in [-0.39, 0.29) is 5.91 Å². The van der Waals surface area contributed by atoms with Crippen molar-refractivity contribution in [1.29, 1.82) is 0 Å². The van der Waals surface area contributed by atoms with Crippen LogP contribution in [-0.2, 0) is 6.54 Å². The topological polar surface area (TPSA) is 54.3 Å². The molecule has 3 heterocycles. The molecule has 0 radical (unpaired) electrons. The van der Waals surface area contributed by atoms with Crippen molar-refractivity contribution in [2.45, 2.75) is 13.5 Å². The normalized spacial score (nSPS) is 14.4. The number of carbonyl (C=O) groups is 1. The van der Waals surface area contributed by atoms with Crippen LogP contribution in [0.2, 0.25) is 0 Å². The summed E-state index contributed by atoms with van der Waals surface area (Å²) < 4.78 is 1.81. The van der Waals surface area contributed by atoms with E-state index in [0.717, 1.165) is 42.1 Å². The van der Waals surface area contributed by atoms with Gasteiger partial charge in [-0.25, -0.2) is 4.68 Å². The minimum absolute atomic E-state index is 0.0391. The van der Waals surface area contributed by atoms with Gasteiger partial charge in [-0.15, -0.1) is 0 Å². The molecule has 4 aromatic rings. The number of hydrogen-bond donors (Lipinski definition) is 0. The second-order valence-corrected chi connectivity index (χ2v) is 8.46. The molecule has 5 rings (SSSR count). The standard InChI is InChI=1S/C27H27N5O/c1-21-6-5-7-23(18-21)26-25(20-32(29-26)24-8-3-2-4-9-24)27(33)31-16-14-30(15-17-31)19-22-10-12-28-13-11-22/h2-13,18,20H,14-17,19H2,1H3. The lowest BCUT2D eigenvalue weighted by Gasteiger charge is -2.34. The molecule has 33 heavy (non-hydrogen) atoms. The van der Waals surface area contributed by atoms with Gasteiger partial charge in [0.2, 0.25) is 0 Å². The van der Waals surface area contributed by atoms with Crippen LogP contribution >= 0.6 is 0 Å². The summed E-state index contributed by atoms with van der Waals surface area (Å²) in [6, 6.07) is 22.2. The van der Waals surface area contributed by atoms with Crippen molar-refractivity contribution in [3.8, 4) is 16.9 Å². The molecule has 6 nitrogen and oxygen atoms in total. The van der Waals surface area contributed by atoms with E-state index >= 15 is 0 Å². The Balaban J connectivity index is 1.39. The van der Waals surface area contributed by atoms with Crippen LogP contribution in [0.5, 0.6) is 0 Å². The molecule has 0 unspecified atom stereocenters. The molecule has 1 aliphatic heterocycles. The van der Waals surface area contributed by atoms with Gasteiger partial charge >= 0.3 is 0 Å². The second-order valence-electron chi connectivity index (χ2n) is 8.46. The summed E-state index contributed by atoms with van der Waals surface area (Å²) >= 11 is 0. The van der Waals surface area contributed by atoms with Gasteiger partial charge in [-0.2, -0.15) is 5.10 Å². The number of hydrogen-bond acceptors (Lipinski definition) is 4. The predicted octanol–water partition coefficient (Wildman–Crippen LogP) is 4.20. The molecule has 0 bridgehead atoms. The highest BCUT2D eigenvalue weighted by Crippen LogP contribution is 2.26. The van der Waals surface area contributed by atoms with Crippen molar-refractivity contribution in [3.63, 3.8) is 0 Å². The van der Waals surface area contributed by atoms with Crippen LogP contribution in [0.15, 0.2) is 85.3 Å². The first-order valence-electron chi connectivity index (χ1n) is 11.3. The number of carbonyl (C=O) groups excluding carboxylic acids is 1. The SMILES string of the molecule is Cc1cccc(-c2nn(-c3ccccc3)cc2C(=O)N2CCN(Cc3ccncc3)CC2)c1. The van der Waals surface area contributed by atoms with Gasteiger partial charge in [0.1, 0.15) is 5.69 Å². The van der Waals surface area contributed by atoms with Gasteiger partial charge in [0.15, 0.2) is 0 Å². The number of aromatic nitrogens is 3. The number of benzene rings is 2. The number of rotatable bonds is 5. The number of pyridine rings is 1. The maximum atomic E-state index is 13.6. The van der Waals surface area contributed by atoms with Gasteiger partial charge in [-0.1, -0.05) is 42.0 Å². The Morgan fingerprint density at radius 2 is 1.67 bits per heavy atom. The van der Waals surface area contributed by atoms with Crippen LogP contribution in [0.1, 0.15) is 21.5 Å². The van der Waals surface area contributed by atoms with Gasteiger partial charge in [0.25, 0.3) is 5.91 Å². The van der Waals surface area contributed by atoms with E-state index in [1.54, 1.807) is 0 Å². The Hall–Kier alpha value is -3.77. The third-order valence-corrected chi connectivity index (χ3v) is 6.07. The molecular formula is C27H27N5O. The molecule has 0 saturated carbocycles. The fraction of sp³-hybridized carbons (Fsp3) is 0.222. The first-order chi connectivity index (χ1) is 16.2. The summed E-state index contributed by atoms with van der Waals surface area (Å²) in [7, 11) is 0. The quantitative estimate of drug-likeness (QED) is 0.470. The van der Waals surface area contributed by atoms with Crippen LogP contribution < -0.4 is 0 Å². The van der Waals surface area contributed by atoms with Crippen LogP contribution in [0, 0.1) is 6.92 Å². The van der Waals surface area contributed by atoms with Crippen LogP contribution in [0.25, 0.3) is 16.9 Å². The number of amides is 1. The van der Waals surface area contributed by atoms with Crippen molar-refractivity contribution in [2.75, 3.05) is 26.2 Å². The highest BCUT2D eigenvalue weighted by Gasteiger charge is 2.26. The van der Waals surface area contributed by atoms with Crippen LogP contribution in [0.4, 0.5) is 0 Å². The van der Waals surface area contributed by atoms with Crippen LogP contribution in [-0.4, -0.2) is 56.7 Å². The number of nitrogens with zero attached hydrogens (tertiary/aromatic N) is 5. The van der Waals surface area contributed by atoms with Gasteiger partial charge in [0.05, 0.1) is 11.3 Å². The predicted molar refractivity (Wildman–Crippen MR) is 129 cm³/mol. The molecule has 166 valence electrons. The molecule has 0 spiro atoms. The molecule has 0 N–H and O–H groups in total. The highest BCUT2D eigenvalue weighted by atomic mass is 16.2. The fourth-order valence-electron chi connectivity index (χ4n) is 4.27. The van der Waals surface area contributed by atoms with Crippen molar-refractivity contribution < 1.29 is 4.79 Å². The largest absolute Gasteiger partial charge is 0.336 e. The average molecular weight is 438 g/mol. The molecule has 1 saturated heterocycles. The Labute approximate surface area is 194 Å². The van der Waals surface area contributed by atoms with Gasteiger partial charge in [-0.3, -0.25) is 14.7 Å². The van der Waals surface area contributed by atoms with E-state index in [2.05, 4.69) is 28.9 Å². The van der Waals surface area contributed by atoms with Gasteiger partial charge < -0.3 is 4.90 Å². The molecule has 0 atom stereocenters. The first kappa shape index (κ1) is 21.1. The van der Waals surface area contributed by atoms with Crippen molar-refractivity contribution in [1.82, 2.24) is 24.6 Å². The van der Waals surface area contributed by atoms with E-state index in [0.29, 0.717) is 18.7 Å². The van der Waals surface area contributed by atoms with Gasteiger partial charge in [0, 0.05) is 56.9 Å². The zero-order chi connectivity index (χ0) is 22.6.